The summed E-state index contributed by atoms with van der Waals surface area (Å²) in [5.74, 6) is 0. The van der Waals surface area contributed by atoms with Crippen molar-refractivity contribution in [2.45, 2.75) is 130 Å². The third kappa shape index (κ3) is 26.7. The molecule has 0 aliphatic rings. The fourth-order valence-electron chi connectivity index (χ4n) is 6.90. The zero-order valence-electron chi connectivity index (χ0n) is 52.0. The smallest absolute Gasteiger partial charge is 0.100 e. The van der Waals surface area contributed by atoms with Gasteiger partial charge in [-0.15, -0.1) is 0 Å². The number of pyridine rings is 3. The molecular formula is C67H101N11O. The quantitative estimate of drug-likeness (QED) is 0.116. The highest BCUT2D eigenvalue weighted by Crippen LogP contribution is 2.33. The predicted octanol–water partition coefficient (Wildman–Crippen LogP) is 16.8. The maximum Gasteiger partial charge on any atom is 0.100 e. The van der Waals surface area contributed by atoms with Crippen molar-refractivity contribution in [2.75, 3.05) is 41.3 Å². The molecule has 6 heterocycles. The number of nitrogens with zero attached hydrogens (tertiary/aromatic N) is 10. The van der Waals surface area contributed by atoms with Gasteiger partial charge >= 0.3 is 0 Å². The topological polar surface area (TPSA) is 128 Å². The summed E-state index contributed by atoms with van der Waals surface area (Å²) in [5.41, 5.74) is 13.0. The van der Waals surface area contributed by atoms with Crippen molar-refractivity contribution >= 4 is 0 Å². The van der Waals surface area contributed by atoms with Crippen molar-refractivity contribution in [1.82, 2.24) is 54.5 Å². The second-order valence-electron chi connectivity index (χ2n) is 15.3. The van der Waals surface area contributed by atoms with E-state index in [2.05, 4.69) is 87.9 Å². The molecule has 0 radical (unpaired) electrons. The Balaban J connectivity index is 0. The largest absolute Gasteiger partial charge is 0.394 e. The first-order valence-electron chi connectivity index (χ1n) is 28.9. The van der Waals surface area contributed by atoms with Crippen LogP contribution in [0.1, 0.15) is 110 Å². The Bertz CT molecular complexity index is 2390. The zero-order chi connectivity index (χ0) is 59.6. The zero-order valence-corrected chi connectivity index (χ0v) is 52.0. The number of hydrogen-bond donors (Lipinski definition) is 2. The van der Waals surface area contributed by atoms with Crippen molar-refractivity contribution < 1.29 is 5.11 Å². The van der Waals surface area contributed by atoms with Crippen LogP contribution >= 0.6 is 0 Å². The fraction of sp³-hybridized carbons (Fsp3) is 0.373. The summed E-state index contributed by atoms with van der Waals surface area (Å²) < 4.78 is 5.83. The van der Waals surface area contributed by atoms with Gasteiger partial charge in [0.25, 0.3) is 0 Å². The maximum absolute atomic E-state index is 9.09. The SMILES string of the molecule is CC.CC.CC.CC.CC.CC.CC.CCCn1cc(-c2ccncc2)c(-c2ccccc2)n1.CN(C)CCn1cc(-c2ccncc2)c(-c2ccccc2)n1.CNC.OCCn1cc(-c2ccncc2)c(-c2ccccc2)n1. The van der Waals surface area contributed by atoms with Gasteiger partial charge in [0, 0.05) is 102 Å². The Morgan fingerprint density at radius 3 is 0.873 bits per heavy atom. The van der Waals surface area contributed by atoms with Gasteiger partial charge in [-0.2, -0.15) is 15.3 Å². The molecule has 0 bridgehead atoms. The number of rotatable bonds is 13. The molecule has 3 aromatic carbocycles. The average Bonchev–Trinajstić information content (AvgIpc) is 4.34. The number of likely N-dealkylation sites (N-methyl/N-ethyl adjacent to an activating group) is 1. The van der Waals surface area contributed by atoms with Crippen LogP contribution < -0.4 is 5.32 Å². The molecule has 9 aromatic rings. The van der Waals surface area contributed by atoms with Gasteiger partial charge in [0.1, 0.15) is 17.1 Å². The molecule has 0 spiro atoms. The van der Waals surface area contributed by atoms with Crippen LogP contribution in [-0.2, 0) is 19.6 Å². The summed E-state index contributed by atoms with van der Waals surface area (Å²) in [4.78, 5) is 14.4. The third-order valence-electron chi connectivity index (χ3n) is 9.96. The lowest BCUT2D eigenvalue weighted by molar-refractivity contribution is 0.269. The molecule has 9 rings (SSSR count). The van der Waals surface area contributed by atoms with Gasteiger partial charge in [-0.1, -0.05) is 195 Å². The minimum absolute atomic E-state index is 0.0751. The third-order valence-corrected chi connectivity index (χ3v) is 9.96. The van der Waals surface area contributed by atoms with E-state index in [0.717, 1.165) is 93.2 Å². The van der Waals surface area contributed by atoms with Crippen molar-refractivity contribution in [3.63, 3.8) is 0 Å². The van der Waals surface area contributed by atoms with Gasteiger partial charge in [0.05, 0.1) is 19.7 Å². The van der Waals surface area contributed by atoms with Crippen LogP contribution in [0.4, 0.5) is 0 Å². The summed E-state index contributed by atoms with van der Waals surface area (Å²) in [6.45, 7) is 33.5. The molecule has 0 atom stereocenters. The van der Waals surface area contributed by atoms with Gasteiger partial charge < -0.3 is 15.3 Å². The normalized spacial score (nSPS) is 9.23. The number of aryl methyl sites for hydroxylation is 1. The second kappa shape index (κ2) is 49.0. The number of benzene rings is 3. The average molecular weight is 1080 g/mol. The van der Waals surface area contributed by atoms with Crippen LogP contribution in [0, 0.1) is 0 Å². The van der Waals surface area contributed by atoms with Crippen molar-refractivity contribution in [2.24, 2.45) is 0 Å². The fourth-order valence-corrected chi connectivity index (χ4v) is 6.90. The molecular weight excluding hydrogens is 975 g/mol. The van der Waals surface area contributed by atoms with E-state index in [4.69, 9.17) is 15.3 Å². The number of aromatic nitrogens is 9. The summed E-state index contributed by atoms with van der Waals surface area (Å²) in [5, 5.41) is 26.0. The molecule has 0 saturated heterocycles. The first kappa shape index (κ1) is 73.7. The standard InChI is InChI=1S/C18H20N4.C17H17N3.C16H15N3O.C2H7N.7C2H6/c1-21(2)12-13-22-14-17(15-8-10-19-11-9-15)18(20-22)16-6-4-3-5-7-16;1-2-12-20-13-16(14-8-10-18-11-9-14)17(19-20)15-6-4-3-5-7-15;20-11-10-19-12-15(13-6-8-17-9-7-13)16(18-19)14-4-2-1-3-5-14;1-3-2;7*1-2/h3-11,14H,12-13H2,1-2H3;3-11,13H,2,12H2,1H3;1-9,12,20H,10-11H2;3H,1-2H3;7*1-2H3. The Morgan fingerprint density at radius 1 is 0.380 bits per heavy atom. The summed E-state index contributed by atoms with van der Waals surface area (Å²) in [6, 6.07) is 42.7. The molecule has 0 saturated carbocycles. The highest BCUT2D eigenvalue weighted by molar-refractivity contribution is 5.82. The number of nitrogens with one attached hydrogen (secondary N) is 1. The van der Waals surface area contributed by atoms with Gasteiger partial charge in [-0.3, -0.25) is 29.0 Å². The van der Waals surface area contributed by atoms with Gasteiger partial charge in [0.15, 0.2) is 0 Å². The minimum atomic E-state index is 0.0751. The van der Waals surface area contributed by atoms with E-state index in [1.165, 1.54) is 0 Å². The first-order valence-corrected chi connectivity index (χ1v) is 28.9. The number of aliphatic hydroxyl groups is 1. The monoisotopic (exact) mass is 1080 g/mol. The lowest BCUT2D eigenvalue weighted by Gasteiger charge is -2.08. The molecule has 79 heavy (non-hydrogen) atoms. The maximum atomic E-state index is 9.09. The molecule has 0 amide bonds. The minimum Gasteiger partial charge on any atom is -0.394 e. The lowest BCUT2D eigenvalue weighted by Crippen LogP contribution is -2.18. The Hall–Kier alpha value is -7.38. The van der Waals surface area contributed by atoms with Crippen molar-refractivity contribution in [3.05, 3.63) is 183 Å². The van der Waals surface area contributed by atoms with Gasteiger partial charge in [-0.25, -0.2) is 0 Å². The second-order valence-corrected chi connectivity index (χ2v) is 15.3. The molecule has 0 aliphatic carbocycles. The van der Waals surface area contributed by atoms with E-state index in [1.807, 2.05) is 255 Å². The molecule has 6 aromatic heterocycles. The predicted molar refractivity (Wildman–Crippen MR) is 343 cm³/mol. The van der Waals surface area contributed by atoms with E-state index < -0.39 is 0 Å². The molecule has 12 nitrogen and oxygen atoms in total. The van der Waals surface area contributed by atoms with E-state index in [9.17, 15) is 0 Å². The van der Waals surface area contributed by atoms with Crippen LogP contribution in [0.3, 0.4) is 0 Å². The van der Waals surface area contributed by atoms with E-state index in [-0.39, 0.29) is 6.61 Å². The van der Waals surface area contributed by atoms with Gasteiger partial charge in [-0.05, 0) is 87.7 Å². The Morgan fingerprint density at radius 2 is 0.633 bits per heavy atom. The van der Waals surface area contributed by atoms with Crippen LogP contribution in [0.5, 0.6) is 0 Å². The summed E-state index contributed by atoms with van der Waals surface area (Å²) >= 11 is 0. The Labute approximate surface area is 479 Å². The molecule has 0 unspecified atom stereocenters. The van der Waals surface area contributed by atoms with Crippen LogP contribution in [0.25, 0.3) is 67.2 Å². The lowest BCUT2D eigenvalue weighted by atomic mass is 10.0. The van der Waals surface area contributed by atoms with Gasteiger partial charge in [0.2, 0.25) is 0 Å². The highest BCUT2D eigenvalue weighted by Gasteiger charge is 2.15. The summed E-state index contributed by atoms with van der Waals surface area (Å²) in [7, 11) is 7.90. The van der Waals surface area contributed by atoms with Crippen LogP contribution in [0.2, 0.25) is 0 Å². The first-order chi connectivity index (χ1) is 38.9. The number of hydrogen-bond acceptors (Lipinski definition) is 9. The van der Waals surface area contributed by atoms with E-state index >= 15 is 0 Å². The molecule has 0 aliphatic heterocycles. The molecule has 12 heteroatoms. The van der Waals surface area contributed by atoms with Crippen LogP contribution in [-0.4, -0.2) is 95.6 Å². The highest BCUT2D eigenvalue weighted by atomic mass is 16.3. The van der Waals surface area contributed by atoms with E-state index in [0.29, 0.717) is 6.54 Å². The summed E-state index contributed by atoms with van der Waals surface area (Å²) in [6.07, 6.45) is 18.1. The van der Waals surface area contributed by atoms with Crippen LogP contribution in [0.15, 0.2) is 183 Å². The number of aliphatic hydroxyl groups excluding tert-OH is 1. The molecule has 2 N–H and O–H groups in total. The van der Waals surface area contributed by atoms with E-state index in [1.54, 1.807) is 17.1 Å². The molecule has 0 fully saturated rings. The Kier molecular flexibility index (Phi) is 45.7. The van der Waals surface area contributed by atoms with Crippen molar-refractivity contribution in [3.8, 4) is 67.2 Å². The van der Waals surface area contributed by atoms with Crippen molar-refractivity contribution in [1.29, 1.82) is 0 Å². The molecule has 430 valence electrons.